The molecule has 1 fully saturated rings. The van der Waals surface area contributed by atoms with E-state index >= 15 is 0 Å². The molecule has 6 heteroatoms. The number of hydrogen-bond donors (Lipinski definition) is 1. The number of benzene rings is 1. The molecular weight excluding hydrogens is 352 g/mol. The minimum Gasteiger partial charge on any atom is -0.333 e. The van der Waals surface area contributed by atoms with Crippen LogP contribution >= 0.6 is 0 Å². The fourth-order valence-corrected chi connectivity index (χ4v) is 3.60. The Morgan fingerprint density at radius 2 is 1.89 bits per heavy atom. The number of nitrogens with one attached hydrogen (secondary N) is 1. The van der Waals surface area contributed by atoms with E-state index in [1.54, 1.807) is 11.1 Å². The van der Waals surface area contributed by atoms with E-state index < -0.39 is 0 Å². The van der Waals surface area contributed by atoms with Crippen LogP contribution in [0.5, 0.6) is 0 Å². The molecule has 0 unspecified atom stereocenters. The number of carbonyl (C=O) groups is 2. The Bertz CT molecular complexity index is 881. The third kappa shape index (κ3) is 4.68. The maximum absolute atomic E-state index is 12.1. The van der Waals surface area contributed by atoms with Gasteiger partial charge in [-0.05, 0) is 51.8 Å². The molecule has 0 aliphatic carbocycles. The van der Waals surface area contributed by atoms with Gasteiger partial charge in [0.2, 0.25) is 5.91 Å². The predicted molar refractivity (Wildman–Crippen MR) is 111 cm³/mol. The number of amides is 2. The quantitative estimate of drug-likeness (QED) is 0.639. The SMILES string of the molecule is Cc1ccc(-n2c(C)cc(/C=N\NC(=O)CN3CCCCCC3=O)c2C)cc1. The normalized spacial score (nSPS) is 15.1. The molecular formula is C22H28N4O2. The van der Waals surface area contributed by atoms with Crippen molar-refractivity contribution < 1.29 is 9.59 Å². The van der Waals surface area contributed by atoms with E-state index in [4.69, 9.17) is 0 Å². The molecule has 1 aliphatic heterocycles. The average Bonchev–Trinajstić information content (AvgIpc) is 2.80. The zero-order chi connectivity index (χ0) is 20.1. The largest absolute Gasteiger partial charge is 0.333 e. The fraction of sp³-hybridized carbons (Fsp3) is 0.409. The minimum absolute atomic E-state index is 0.0540. The van der Waals surface area contributed by atoms with Crippen molar-refractivity contribution in [2.75, 3.05) is 13.1 Å². The van der Waals surface area contributed by atoms with Crippen LogP contribution < -0.4 is 5.43 Å². The number of hydrazone groups is 1. The maximum atomic E-state index is 12.1. The van der Waals surface area contributed by atoms with E-state index in [-0.39, 0.29) is 18.4 Å². The van der Waals surface area contributed by atoms with Crippen LogP contribution in [0.15, 0.2) is 35.4 Å². The lowest BCUT2D eigenvalue weighted by Gasteiger charge is -2.18. The second kappa shape index (κ2) is 8.87. The summed E-state index contributed by atoms with van der Waals surface area (Å²) in [4.78, 5) is 25.8. The van der Waals surface area contributed by atoms with Gasteiger partial charge in [-0.25, -0.2) is 5.43 Å². The standard InChI is InChI=1S/C22H28N4O2/c1-16-8-10-20(11-9-16)26-17(2)13-19(18(26)3)14-23-24-21(27)15-25-12-6-4-5-7-22(25)28/h8-11,13-14H,4-7,12,15H2,1-3H3,(H,24,27)/b23-14-. The van der Waals surface area contributed by atoms with Crippen molar-refractivity contribution in [2.45, 2.75) is 46.5 Å². The number of aryl methyl sites for hydroxylation is 2. The van der Waals surface area contributed by atoms with Gasteiger partial charge in [0.05, 0.1) is 6.21 Å². The van der Waals surface area contributed by atoms with E-state index in [9.17, 15) is 9.59 Å². The van der Waals surface area contributed by atoms with Crippen molar-refractivity contribution in [3.8, 4) is 5.69 Å². The molecule has 3 rings (SSSR count). The first-order chi connectivity index (χ1) is 13.5. The van der Waals surface area contributed by atoms with E-state index in [2.05, 4.69) is 46.3 Å². The predicted octanol–water partition coefficient (Wildman–Crippen LogP) is 3.26. The van der Waals surface area contributed by atoms with Crippen LogP contribution in [0.3, 0.4) is 0 Å². The Morgan fingerprint density at radius 3 is 2.64 bits per heavy atom. The average molecular weight is 380 g/mol. The molecule has 148 valence electrons. The van der Waals surface area contributed by atoms with E-state index in [1.807, 2.05) is 19.9 Å². The first kappa shape index (κ1) is 19.9. The molecule has 0 bridgehead atoms. The molecule has 1 aliphatic rings. The van der Waals surface area contributed by atoms with Crippen LogP contribution in [0.25, 0.3) is 5.69 Å². The summed E-state index contributed by atoms with van der Waals surface area (Å²) in [5.74, 6) is -0.211. The second-order valence-corrected chi connectivity index (χ2v) is 7.42. The number of nitrogens with zero attached hydrogens (tertiary/aromatic N) is 3. The van der Waals surface area contributed by atoms with Crippen molar-refractivity contribution in [3.63, 3.8) is 0 Å². The number of hydrogen-bond acceptors (Lipinski definition) is 3. The van der Waals surface area contributed by atoms with Crippen molar-refractivity contribution in [2.24, 2.45) is 5.10 Å². The lowest BCUT2D eigenvalue weighted by molar-refractivity contribution is -0.135. The Kier molecular flexibility index (Phi) is 6.29. The smallest absolute Gasteiger partial charge is 0.259 e. The maximum Gasteiger partial charge on any atom is 0.259 e. The molecule has 6 nitrogen and oxygen atoms in total. The monoisotopic (exact) mass is 380 g/mol. The number of likely N-dealkylation sites (tertiary alicyclic amines) is 1. The minimum atomic E-state index is -0.265. The molecule has 28 heavy (non-hydrogen) atoms. The summed E-state index contributed by atoms with van der Waals surface area (Å²) in [6.45, 7) is 6.87. The van der Waals surface area contributed by atoms with Gasteiger partial charge in [0.25, 0.3) is 5.91 Å². The molecule has 2 amide bonds. The summed E-state index contributed by atoms with van der Waals surface area (Å²) in [6, 6.07) is 10.4. The van der Waals surface area contributed by atoms with Crippen molar-refractivity contribution >= 4 is 18.0 Å². The molecule has 1 N–H and O–H groups in total. The van der Waals surface area contributed by atoms with E-state index in [0.29, 0.717) is 13.0 Å². The van der Waals surface area contributed by atoms with Crippen molar-refractivity contribution in [3.05, 3.63) is 52.8 Å². The van der Waals surface area contributed by atoms with E-state index in [1.165, 1.54) is 5.56 Å². The molecule has 2 heterocycles. The van der Waals surface area contributed by atoms with Crippen LogP contribution in [-0.2, 0) is 9.59 Å². The van der Waals surface area contributed by atoms with Crippen LogP contribution in [0, 0.1) is 20.8 Å². The summed E-state index contributed by atoms with van der Waals surface area (Å²) < 4.78 is 2.17. The molecule has 0 saturated carbocycles. The van der Waals surface area contributed by atoms with Crippen LogP contribution in [-0.4, -0.2) is 40.6 Å². The fourth-order valence-electron chi connectivity index (χ4n) is 3.60. The number of carbonyl (C=O) groups excluding carboxylic acids is 2. The van der Waals surface area contributed by atoms with Crippen molar-refractivity contribution in [1.82, 2.24) is 14.9 Å². The Morgan fingerprint density at radius 1 is 1.14 bits per heavy atom. The van der Waals surface area contributed by atoms with Crippen LogP contribution in [0.4, 0.5) is 0 Å². The first-order valence-corrected chi connectivity index (χ1v) is 9.81. The van der Waals surface area contributed by atoms with Crippen molar-refractivity contribution in [1.29, 1.82) is 0 Å². The summed E-state index contributed by atoms with van der Waals surface area (Å²) >= 11 is 0. The summed E-state index contributed by atoms with van der Waals surface area (Å²) in [6.07, 6.45) is 5.09. The van der Waals surface area contributed by atoms with Gasteiger partial charge < -0.3 is 9.47 Å². The van der Waals surface area contributed by atoms with Gasteiger partial charge >= 0.3 is 0 Å². The van der Waals surface area contributed by atoms with Gasteiger partial charge in [-0.1, -0.05) is 24.1 Å². The summed E-state index contributed by atoms with van der Waals surface area (Å²) in [7, 11) is 0. The molecule has 2 aromatic rings. The Balaban J connectivity index is 1.64. The molecule has 1 aromatic carbocycles. The summed E-state index contributed by atoms with van der Waals surface area (Å²) in [5, 5.41) is 4.10. The highest BCUT2D eigenvalue weighted by molar-refractivity contribution is 5.87. The van der Waals surface area contributed by atoms with Gasteiger partial charge in [-0.3, -0.25) is 9.59 Å². The Hall–Kier alpha value is -2.89. The third-order valence-corrected chi connectivity index (χ3v) is 5.16. The van der Waals surface area contributed by atoms with Gasteiger partial charge in [0.15, 0.2) is 0 Å². The lowest BCUT2D eigenvalue weighted by atomic mass is 10.2. The van der Waals surface area contributed by atoms with E-state index in [0.717, 1.165) is 41.9 Å². The van der Waals surface area contributed by atoms with Crippen LogP contribution in [0.2, 0.25) is 0 Å². The topological polar surface area (TPSA) is 66.7 Å². The van der Waals surface area contributed by atoms with Gasteiger partial charge in [0, 0.05) is 35.6 Å². The highest BCUT2D eigenvalue weighted by Gasteiger charge is 2.18. The highest BCUT2D eigenvalue weighted by Crippen LogP contribution is 2.20. The summed E-state index contributed by atoms with van der Waals surface area (Å²) in [5.41, 5.74) is 7.98. The Labute approximate surface area is 166 Å². The van der Waals surface area contributed by atoms with Gasteiger partial charge in [0.1, 0.15) is 6.54 Å². The molecule has 1 saturated heterocycles. The first-order valence-electron chi connectivity index (χ1n) is 9.81. The number of aromatic nitrogens is 1. The third-order valence-electron chi connectivity index (χ3n) is 5.16. The number of rotatable bonds is 5. The molecule has 0 spiro atoms. The van der Waals surface area contributed by atoms with Crippen LogP contribution in [0.1, 0.15) is 48.2 Å². The highest BCUT2D eigenvalue weighted by atomic mass is 16.2. The zero-order valence-corrected chi connectivity index (χ0v) is 16.9. The lowest BCUT2D eigenvalue weighted by Crippen LogP contribution is -2.39. The second-order valence-electron chi connectivity index (χ2n) is 7.42. The zero-order valence-electron chi connectivity index (χ0n) is 16.9. The molecule has 0 radical (unpaired) electrons. The van der Waals surface area contributed by atoms with Gasteiger partial charge in [-0.15, -0.1) is 0 Å². The van der Waals surface area contributed by atoms with Gasteiger partial charge in [-0.2, -0.15) is 5.10 Å². The molecule has 1 aromatic heterocycles. The molecule has 0 atom stereocenters.